The molecule has 0 saturated heterocycles. The Morgan fingerprint density at radius 2 is 1.97 bits per heavy atom. The summed E-state index contributed by atoms with van der Waals surface area (Å²) >= 11 is 1.77. The third kappa shape index (κ3) is 3.88. The van der Waals surface area contributed by atoms with Gasteiger partial charge in [-0.25, -0.2) is 0 Å². The van der Waals surface area contributed by atoms with E-state index in [1.165, 1.54) is 33.0 Å². The van der Waals surface area contributed by atoms with Gasteiger partial charge < -0.3 is 14.0 Å². The van der Waals surface area contributed by atoms with Crippen molar-refractivity contribution in [3.63, 3.8) is 0 Å². The maximum Gasteiger partial charge on any atom is 0.163 e. The summed E-state index contributed by atoms with van der Waals surface area (Å²) in [5.41, 5.74) is 7.44. The molecule has 4 rings (SSSR count). The van der Waals surface area contributed by atoms with Crippen LogP contribution in [0.3, 0.4) is 0 Å². The molecule has 5 nitrogen and oxygen atoms in total. The summed E-state index contributed by atoms with van der Waals surface area (Å²) in [5, 5.41) is 4.18. The predicted octanol–water partition coefficient (Wildman–Crippen LogP) is 5.93. The van der Waals surface area contributed by atoms with Crippen molar-refractivity contribution in [1.82, 2.24) is 9.63 Å². The smallest absolute Gasteiger partial charge is 0.163 e. The van der Waals surface area contributed by atoms with Crippen molar-refractivity contribution >= 4 is 11.3 Å². The van der Waals surface area contributed by atoms with Crippen LogP contribution in [0.25, 0.3) is 21.7 Å². The highest BCUT2D eigenvalue weighted by atomic mass is 32.1. The zero-order valence-corrected chi connectivity index (χ0v) is 20.1. The Bertz CT molecular complexity index is 1050. The van der Waals surface area contributed by atoms with Gasteiger partial charge in [-0.1, -0.05) is 13.0 Å². The summed E-state index contributed by atoms with van der Waals surface area (Å²) in [6, 6.07) is 9.09. The second-order valence-corrected chi connectivity index (χ2v) is 9.09. The zero-order valence-electron chi connectivity index (χ0n) is 19.3. The minimum Gasteiger partial charge on any atom is -0.493 e. The molecule has 166 valence electrons. The molecular weight excluding hydrogens is 408 g/mol. The molecule has 0 unspecified atom stereocenters. The SMILES string of the molecule is CCN(OCc1cc(-c2cccs2)c2n1CCc1c-2cc(OC)c(OC)c1C)C(C)C. The summed E-state index contributed by atoms with van der Waals surface area (Å²) in [5.74, 6) is 1.61. The number of rotatable bonds is 8. The second-order valence-electron chi connectivity index (χ2n) is 8.14. The molecule has 0 N–H and O–H groups in total. The Morgan fingerprint density at radius 3 is 2.58 bits per heavy atom. The average Bonchev–Trinajstić information content (AvgIpc) is 3.41. The fraction of sp³-hybridized carbons (Fsp3) is 0.440. The third-order valence-corrected chi connectivity index (χ3v) is 7.02. The molecule has 0 aliphatic carbocycles. The molecular formula is C25H32N2O3S. The largest absolute Gasteiger partial charge is 0.493 e. The molecule has 3 aromatic rings. The van der Waals surface area contributed by atoms with Gasteiger partial charge in [0.15, 0.2) is 11.5 Å². The number of nitrogens with zero attached hydrogens (tertiary/aromatic N) is 2. The quantitative estimate of drug-likeness (QED) is 0.407. The minimum absolute atomic E-state index is 0.345. The lowest BCUT2D eigenvalue weighted by Crippen LogP contribution is -2.31. The van der Waals surface area contributed by atoms with Gasteiger partial charge in [0.1, 0.15) is 6.61 Å². The van der Waals surface area contributed by atoms with E-state index in [4.69, 9.17) is 14.3 Å². The molecule has 0 amide bonds. The molecule has 1 aromatic carbocycles. The van der Waals surface area contributed by atoms with Gasteiger partial charge in [0.05, 0.1) is 19.9 Å². The number of methoxy groups -OCH3 is 2. The molecule has 1 aliphatic heterocycles. The molecule has 3 heterocycles. The zero-order chi connectivity index (χ0) is 22.1. The van der Waals surface area contributed by atoms with E-state index in [0.29, 0.717) is 12.6 Å². The second kappa shape index (κ2) is 9.07. The van der Waals surface area contributed by atoms with Crippen molar-refractivity contribution in [3.05, 3.63) is 46.5 Å². The first-order valence-corrected chi connectivity index (χ1v) is 11.8. The minimum atomic E-state index is 0.345. The van der Waals surface area contributed by atoms with Crippen LogP contribution < -0.4 is 9.47 Å². The summed E-state index contributed by atoms with van der Waals surface area (Å²) in [4.78, 5) is 7.47. The predicted molar refractivity (Wildman–Crippen MR) is 127 cm³/mol. The van der Waals surface area contributed by atoms with Crippen LogP contribution in [-0.4, -0.2) is 36.4 Å². The molecule has 6 heteroatoms. The van der Waals surface area contributed by atoms with E-state index < -0.39 is 0 Å². The van der Waals surface area contributed by atoms with Crippen molar-refractivity contribution in [2.45, 2.75) is 53.3 Å². The average molecular weight is 441 g/mol. The van der Waals surface area contributed by atoms with E-state index in [9.17, 15) is 0 Å². The van der Waals surface area contributed by atoms with Crippen molar-refractivity contribution in [2.75, 3.05) is 20.8 Å². The van der Waals surface area contributed by atoms with E-state index >= 15 is 0 Å². The van der Waals surface area contributed by atoms with Crippen LogP contribution in [0, 0.1) is 6.92 Å². The Hall–Kier alpha value is -2.28. The van der Waals surface area contributed by atoms with Crippen LogP contribution >= 0.6 is 11.3 Å². The van der Waals surface area contributed by atoms with Gasteiger partial charge in [-0.05, 0) is 61.9 Å². The highest BCUT2D eigenvalue weighted by Gasteiger charge is 2.28. The van der Waals surface area contributed by atoms with E-state index in [1.54, 1.807) is 25.6 Å². The lowest BCUT2D eigenvalue weighted by atomic mass is 9.91. The number of thiophene rings is 1. The number of hydrogen-bond donors (Lipinski definition) is 0. The highest BCUT2D eigenvalue weighted by molar-refractivity contribution is 7.13. The van der Waals surface area contributed by atoms with Crippen LogP contribution in [0.1, 0.15) is 37.6 Å². The van der Waals surface area contributed by atoms with Crippen molar-refractivity contribution in [2.24, 2.45) is 0 Å². The Balaban J connectivity index is 1.85. The molecule has 0 spiro atoms. The fourth-order valence-corrected chi connectivity index (χ4v) is 5.35. The van der Waals surface area contributed by atoms with Crippen LogP contribution in [-0.2, 0) is 24.4 Å². The van der Waals surface area contributed by atoms with E-state index in [0.717, 1.165) is 36.6 Å². The van der Waals surface area contributed by atoms with Gasteiger partial charge in [0.2, 0.25) is 0 Å². The molecule has 31 heavy (non-hydrogen) atoms. The maximum absolute atomic E-state index is 6.20. The summed E-state index contributed by atoms with van der Waals surface area (Å²) in [6.45, 7) is 10.9. The van der Waals surface area contributed by atoms with E-state index in [-0.39, 0.29) is 0 Å². The maximum atomic E-state index is 6.20. The Kier molecular flexibility index (Phi) is 6.42. The molecule has 0 fully saturated rings. The summed E-state index contributed by atoms with van der Waals surface area (Å²) in [6.07, 6.45) is 0.960. The normalized spacial score (nSPS) is 12.9. The fourth-order valence-electron chi connectivity index (χ4n) is 4.61. The topological polar surface area (TPSA) is 35.9 Å². The molecule has 0 atom stereocenters. The van der Waals surface area contributed by atoms with Crippen LogP contribution in [0.4, 0.5) is 0 Å². The third-order valence-electron chi connectivity index (χ3n) is 6.12. The van der Waals surface area contributed by atoms with Crippen LogP contribution in [0.2, 0.25) is 0 Å². The lowest BCUT2D eigenvalue weighted by Gasteiger charge is -2.27. The van der Waals surface area contributed by atoms with Gasteiger partial charge in [-0.2, -0.15) is 5.06 Å². The number of ether oxygens (including phenoxy) is 2. The Labute approximate surface area is 189 Å². The van der Waals surface area contributed by atoms with Gasteiger partial charge in [-0.3, -0.25) is 4.84 Å². The molecule has 0 saturated carbocycles. The van der Waals surface area contributed by atoms with E-state index in [2.05, 4.69) is 61.9 Å². The number of benzene rings is 1. The first kappa shape index (κ1) is 21.9. The Morgan fingerprint density at radius 1 is 1.16 bits per heavy atom. The number of hydroxylamine groups is 2. The van der Waals surface area contributed by atoms with Crippen LogP contribution in [0.5, 0.6) is 11.5 Å². The molecule has 0 bridgehead atoms. The van der Waals surface area contributed by atoms with Gasteiger partial charge in [0, 0.05) is 40.8 Å². The van der Waals surface area contributed by atoms with Crippen molar-refractivity contribution in [3.8, 4) is 33.2 Å². The number of hydrogen-bond acceptors (Lipinski definition) is 5. The standard InChI is InChI=1S/C25H32N2O3S/c1-7-27(16(2)3)30-15-18-13-21(23-9-8-12-31-23)24-20-14-22(28-5)25(29-6)17(4)19(20)10-11-26(18)24/h8-9,12-14,16H,7,10-11,15H2,1-6H3. The van der Waals surface area contributed by atoms with E-state index in [1.807, 2.05) is 5.06 Å². The first-order chi connectivity index (χ1) is 15.0. The highest BCUT2D eigenvalue weighted by Crippen LogP contribution is 2.47. The van der Waals surface area contributed by atoms with Crippen LogP contribution in [0.15, 0.2) is 29.6 Å². The van der Waals surface area contributed by atoms with Gasteiger partial charge in [-0.15, -0.1) is 11.3 Å². The first-order valence-electron chi connectivity index (χ1n) is 10.9. The monoisotopic (exact) mass is 440 g/mol. The summed E-state index contributed by atoms with van der Waals surface area (Å²) < 4.78 is 13.8. The van der Waals surface area contributed by atoms with Crippen molar-refractivity contribution < 1.29 is 14.3 Å². The molecule has 1 aliphatic rings. The van der Waals surface area contributed by atoms with Gasteiger partial charge >= 0.3 is 0 Å². The van der Waals surface area contributed by atoms with Crippen molar-refractivity contribution in [1.29, 1.82) is 0 Å². The summed E-state index contributed by atoms with van der Waals surface area (Å²) in [7, 11) is 3.42. The lowest BCUT2D eigenvalue weighted by molar-refractivity contribution is -0.187. The molecule has 2 aromatic heterocycles. The number of fused-ring (bicyclic) bond motifs is 3. The van der Waals surface area contributed by atoms with Gasteiger partial charge in [0.25, 0.3) is 0 Å². The number of aromatic nitrogens is 1. The molecule has 0 radical (unpaired) electrons.